The van der Waals surface area contributed by atoms with Crippen molar-refractivity contribution in [1.82, 2.24) is 5.32 Å². The van der Waals surface area contributed by atoms with Crippen molar-refractivity contribution in [1.29, 1.82) is 0 Å². The minimum Gasteiger partial charge on any atom is -0.378 e. The lowest BCUT2D eigenvalue weighted by Gasteiger charge is -2.18. The Bertz CT molecular complexity index is 649. The Hall–Kier alpha value is -2.29. The predicted octanol–water partition coefficient (Wildman–Crippen LogP) is 3.84. The van der Waals surface area contributed by atoms with E-state index >= 15 is 0 Å². The van der Waals surface area contributed by atoms with Gasteiger partial charge in [0.2, 0.25) is 0 Å². The molecule has 0 aliphatic heterocycles. The van der Waals surface area contributed by atoms with Gasteiger partial charge in [-0.3, -0.25) is 4.79 Å². The Kier molecular flexibility index (Phi) is 4.63. The van der Waals surface area contributed by atoms with Gasteiger partial charge in [0.15, 0.2) is 0 Å². The van der Waals surface area contributed by atoms with Gasteiger partial charge in [-0.05, 0) is 50.1 Å². The van der Waals surface area contributed by atoms with Crippen molar-refractivity contribution < 1.29 is 4.79 Å². The molecule has 0 aliphatic rings. The lowest BCUT2D eigenvalue weighted by molar-refractivity contribution is 0.0963. The van der Waals surface area contributed by atoms with Crippen LogP contribution in [0.2, 0.25) is 0 Å². The van der Waals surface area contributed by atoms with Crippen LogP contribution in [0.1, 0.15) is 40.0 Å². The highest BCUT2D eigenvalue weighted by molar-refractivity contribution is 5.94. The summed E-state index contributed by atoms with van der Waals surface area (Å²) >= 11 is 0. The quantitative estimate of drug-likeness (QED) is 0.894. The first kappa shape index (κ1) is 15.1. The molecular weight excluding hydrogens is 260 g/mol. The summed E-state index contributed by atoms with van der Waals surface area (Å²) in [5.74, 6) is -0.0715. The molecule has 3 heteroatoms. The highest BCUT2D eigenvalue weighted by atomic mass is 16.1. The molecule has 110 valence electrons. The molecule has 1 amide bonds. The first-order valence-electron chi connectivity index (χ1n) is 7.17. The second-order valence-electron chi connectivity index (χ2n) is 5.39. The van der Waals surface area contributed by atoms with E-state index in [2.05, 4.69) is 49.6 Å². The molecule has 0 spiro atoms. The summed E-state index contributed by atoms with van der Waals surface area (Å²) in [4.78, 5) is 11.7. The third-order valence-corrected chi connectivity index (χ3v) is 3.63. The van der Waals surface area contributed by atoms with Gasteiger partial charge < -0.3 is 10.6 Å². The summed E-state index contributed by atoms with van der Waals surface area (Å²) in [5.41, 5.74) is 5.42. The molecule has 1 atom stereocenters. The molecule has 0 radical (unpaired) electrons. The molecule has 0 saturated carbocycles. The molecule has 2 aromatic carbocycles. The topological polar surface area (TPSA) is 41.1 Å². The summed E-state index contributed by atoms with van der Waals surface area (Å²) in [6, 6.07) is 14.2. The van der Waals surface area contributed by atoms with Gasteiger partial charge in [-0.1, -0.05) is 29.8 Å². The molecule has 0 heterocycles. The van der Waals surface area contributed by atoms with E-state index in [1.54, 1.807) is 7.05 Å². The molecule has 0 saturated heterocycles. The van der Waals surface area contributed by atoms with Crippen LogP contribution in [0.25, 0.3) is 0 Å². The zero-order valence-electron chi connectivity index (χ0n) is 13.0. The lowest BCUT2D eigenvalue weighted by Crippen LogP contribution is -2.18. The van der Waals surface area contributed by atoms with Crippen molar-refractivity contribution >= 4 is 11.6 Å². The van der Waals surface area contributed by atoms with Gasteiger partial charge in [0.05, 0.1) is 0 Å². The Morgan fingerprint density at radius 1 is 1.10 bits per heavy atom. The predicted molar refractivity (Wildman–Crippen MR) is 87.8 cm³/mol. The van der Waals surface area contributed by atoms with Crippen molar-refractivity contribution in [3.8, 4) is 0 Å². The van der Waals surface area contributed by atoms with Gasteiger partial charge in [-0.25, -0.2) is 0 Å². The summed E-state index contributed by atoms with van der Waals surface area (Å²) in [6.45, 7) is 6.35. The third-order valence-electron chi connectivity index (χ3n) is 3.63. The second kappa shape index (κ2) is 6.44. The van der Waals surface area contributed by atoms with Crippen molar-refractivity contribution in [2.45, 2.75) is 26.8 Å². The summed E-state index contributed by atoms with van der Waals surface area (Å²) in [6.07, 6.45) is 0. The van der Waals surface area contributed by atoms with Crippen LogP contribution in [0, 0.1) is 13.8 Å². The first-order valence-corrected chi connectivity index (χ1v) is 7.17. The molecule has 2 rings (SSSR count). The number of anilines is 1. The fourth-order valence-corrected chi connectivity index (χ4v) is 2.53. The second-order valence-corrected chi connectivity index (χ2v) is 5.39. The van der Waals surface area contributed by atoms with Crippen molar-refractivity contribution in [3.05, 3.63) is 64.7 Å². The van der Waals surface area contributed by atoms with E-state index in [1.807, 2.05) is 24.3 Å². The van der Waals surface area contributed by atoms with E-state index in [4.69, 9.17) is 0 Å². The molecule has 21 heavy (non-hydrogen) atoms. The van der Waals surface area contributed by atoms with Gasteiger partial charge in [-0.2, -0.15) is 0 Å². The minimum absolute atomic E-state index is 0.0715. The average molecular weight is 282 g/mol. The lowest BCUT2D eigenvalue weighted by atomic mass is 10.00. The molecule has 2 aromatic rings. The van der Waals surface area contributed by atoms with E-state index in [0.29, 0.717) is 5.56 Å². The highest BCUT2D eigenvalue weighted by Gasteiger charge is 2.10. The van der Waals surface area contributed by atoms with Gasteiger partial charge >= 0.3 is 0 Å². The number of carbonyl (C=O) groups excluding carboxylic acids is 1. The molecular formula is C18H22N2O. The fraction of sp³-hybridized carbons (Fsp3) is 0.278. The smallest absolute Gasteiger partial charge is 0.251 e. The van der Waals surface area contributed by atoms with Gasteiger partial charge in [0, 0.05) is 24.3 Å². The van der Waals surface area contributed by atoms with Crippen LogP contribution in [-0.4, -0.2) is 13.0 Å². The van der Waals surface area contributed by atoms with E-state index in [1.165, 1.54) is 16.7 Å². The van der Waals surface area contributed by atoms with Crippen LogP contribution in [0.5, 0.6) is 0 Å². The molecule has 0 aliphatic carbocycles. The Labute approximate surface area is 126 Å². The first-order chi connectivity index (χ1) is 10.0. The highest BCUT2D eigenvalue weighted by Crippen LogP contribution is 2.23. The van der Waals surface area contributed by atoms with E-state index in [9.17, 15) is 4.79 Å². The molecule has 0 bridgehead atoms. The maximum Gasteiger partial charge on any atom is 0.251 e. The van der Waals surface area contributed by atoms with Crippen LogP contribution in [0.4, 0.5) is 5.69 Å². The summed E-state index contributed by atoms with van der Waals surface area (Å²) in [7, 11) is 1.64. The van der Waals surface area contributed by atoms with Gasteiger partial charge in [0.1, 0.15) is 0 Å². The number of aryl methyl sites for hydroxylation is 2. The standard InChI is InChI=1S/C18H22N2O/c1-12-8-9-17(13(2)10-12)14(3)20-16-7-5-6-15(11-16)18(21)19-4/h5-11,14,20H,1-4H3,(H,19,21). The van der Waals surface area contributed by atoms with E-state index < -0.39 is 0 Å². The summed E-state index contributed by atoms with van der Waals surface area (Å²) in [5, 5.41) is 6.10. The van der Waals surface area contributed by atoms with Gasteiger partial charge in [0.25, 0.3) is 5.91 Å². The van der Waals surface area contributed by atoms with Crippen LogP contribution < -0.4 is 10.6 Å². The van der Waals surface area contributed by atoms with Crippen LogP contribution in [-0.2, 0) is 0 Å². The number of hydrogen-bond acceptors (Lipinski definition) is 2. The van der Waals surface area contributed by atoms with E-state index in [-0.39, 0.29) is 11.9 Å². The van der Waals surface area contributed by atoms with Crippen LogP contribution in [0.15, 0.2) is 42.5 Å². The van der Waals surface area contributed by atoms with E-state index in [0.717, 1.165) is 5.69 Å². The third kappa shape index (κ3) is 3.63. The largest absolute Gasteiger partial charge is 0.378 e. The van der Waals surface area contributed by atoms with Crippen molar-refractivity contribution in [2.75, 3.05) is 12.4 Å². The maximum absolute atomic E-state index is 11.7. The molecule has 1 unspecified atom stereocenters. The summed E-state index contributed by atoms with van der Waals surface area (Å²) < 4.78 is 0. The zero-order chi connectivity index (χ0) is 15.4. The average Bonchev–Trinajstić information content (AvgIpc) is 2.46. The Balaban J connectivity index is 2.19. The van der Waals surface area contributed by atoms with Crippen molar-refractivity contribution in [2.24, 2.45) is 0 Å². The molecule has 0 aromatic heterocycles. The maximum atomic E-state index is 11.7. The van der Waals surface area contributed by atoms with Crippen LogP contribution in [0.3, 0.4) is 0 Å². The Morgan fingerprint density at radius 2 is 1.86 bits per heavy atom. The normalized spacial score (nSPS) is 11.8. The number of rotatable bonds is 4. The minimum atomic E-state index is -0.0715. The zero-order valence-corrected chi connectivity index (χ0v) is 13.0. The fourth-order valence-electron chi connectivity index (χ4n) is 2.53. The Morgan fingerprint density at radius 3 is 2.52 bits per heavy atom. The number of nitrogens with one attached hydrogen (secondary N) is 2. The van der Waals surface area contributed by atoms with Crippen molar-refractivity contribution in [3.63, 3.8) is 0 Å². The van der Waals surface area contributed by atoms with Gasteiger partial charge in [-0.15, -0.1) is 0 Å². The monoisotopic (exact) mass is 282 g/mol. The molecule has 3 nitrogen and oxygen atoms in total. The number of carbonyl (C=O) groups is 1. The SMILES string of the molecule is CNC(=O)c1cccc(NC(C)c2ccc(C)cc2C)c1. The molecule has 0 fully saturated rings. The molecule has 2 N–H and O–H groups in total. The number of hydrogen-bond donors (Lipinski definition) is 2. The number of amides is 1. The van der Waals surface area contributed by atoms with Crippen LogP contribution >= 0.6 is 0 Å². The number of benzene rings is 2.